The summed E-state index contributed by atoms with van der Waals surface area (Å²) in [6, 6.07) is 30.9. The molecule has 0 aliphatic heterocycles. The number of hydrogen-bond acceptors (Lipinski definition) is 4. The molecule has 1 atom stereocenters. The molecule has 0 radical (unpaired) electrons. The van der Waals surface area contributed by atoms with Gasteiger partial charge in [0.25, 0.3) is 10.0 Å². The van der Waals surface area contributed by atoms with Gasteiger partial charge in [0, 0.05) is 24.5 Å². The van der Waals surface area contributed by atoms with Crippen LogP contribution in [-0.4, -0.2) is 44.3 Å². The SMILES string of the molecule is CCCNC(=O)[C@@H](Cc1ccccc1)N(Cc1ccc(Cl)cc1)C(=O)CN(c1ccccc1CC)S(=O)(=O)c1ccccc1. The highest BCUT2D eigenvalue weighted by Gasteiger charge is 2.35. The van der Waals surface area contributed by atoms with Crippen LogP contribution < -0.4 is 9.62 Å². The molecule has 0 spiro atoms. The van der Waals surface area contributed by atoms with E-state index < -0.39 is 28.5 Å². The number of anilines is 1. The van der Waals surface area contributed by atoms with Gasteiger partial charge in [-0.1, -0.05) is 104 Å². The minimum absolute atomic E-state index is 0.0736. The first-order valence-corrected chi connectivity index (χ1v) is 16.6. The molecule has 4 rings (SSSR count). The first-order chi connectivity index (χ1) is 21.2. The molecular formula is C35H38ClN3O4S. The van der Waals surface area contributed by atoms with E-state index in [1.807, 2.05) is 56.3 Å². The molecule has 0 aliphatic rings. The van der Waals surface area contributed by atoms with Crippen molar-refractivity contribution in [3.63, 3.8) is 0 Å². The van der Waals surface area contributed by atoms with Crippen LogP contribution in [0.3, 0.4) is 0 Å². The maximum Gasteiger partial charge on any atom is 0.264 e. The normalized spacial score (nSPS) is 11.9. The topological polar surface area (TPSA) is 86.8 Å². The lowest BCUT2D eigenvalue weighted by Gasteiger charge is -2.34. The third-order valence-corrected chi connectivity index (χ3v) is 9.36. The summed E-state index contributed by atoms with van der Waals surface area (Å²) >= 11 is 6.14. The van der Waals surface area contributed by atoms with Crippen LogP contribution in [0.15, 0.2) is 114 Å². The molecule has 0 bridgehead atoms. The highest BCUT2D eigenvalue weighted by atomic mass is 35.5. The van der Waals surface area contributed by atoms with E-state index in [1.165, 1.54) is 21.3 Å². The predicted octanol–water partition coefficient (Wildman–Crippen LogP) is 6.26. The van der Waals surface area contributed by atoms with Crippen LogP contribution in [0.1, 0.15) is 37.0 Å². The molecule has 0 aromatic heterocycles. The van der Waals surface area contributed by atoms with Gasteiger partial charge in [-0.25, -0.2) is 8.42 Å². The predicted molar refractivity (Wildman–Crippen MR) is 176 cm³/mol. The zero-order valence-electron chi connectivity index (χ0n) is 25.0. The monoisotopic (exact) mass is 631 g/mol. The Balaban J connectivity index is 1.81. The van der Waals surface area contributed by atoms with E-state index in [0.29, 0.717) is 23.7 Å². The number of halogens is 1. The summed E-state index contributed by atoms with van der Waals surface area (Å²) in [4.78, 5) is 29.8. The Morgan fingerprint density at radius 3 is 2.05 bits per heavy atom. The molecule has 7 nitrogen and oxygen atoms in total. The fraction of sp³-hybridized carbons (Fsp3) is 0.257. The van der Waals surface area contributed by atoms with Crippen LogP contribution in [0.2, 0.25) is 5.02 Å². The minimum atomic E-state index is -4.14. The molecule has 4 aromatic carbocycles. The van der Waals surface area contributed by atoms with Gasteiger partial charge in [-0.2, -0.15) is 0 Å². The van der Waals surface area contributed by atoms with Crippen molar-refractivity contribution < 1.29 is 18.0 Å². The van der Waals surface area contributed by atoms with E-state index in [9.17, 15) is 18.0 Å². The van der Waals surface area contributed by atoms with Gasteiger partial charge in [-0.05, 0) is 59.9 Å². The summed E-state index contributed by atoms with van der Waals surface area (Å²) in [5, 5.41) is 3.50. The molecule has 2 amide bonds. The number of rotatable bonds is 14. The molecule has 1 N–H and O–H groups in total. The van der Waals surface area contributed by atoms with Gasteiger partial charge >= 0.3 is 0 Å². The van der Waals surface area contributed by atoms with E-state index >= 15 is 0 Å². The Kier molecular flexibility index (Phi) is 11.6. The third kappa shape index (κ3) is 8.27. The molecule has 0 aliphatic carbocycles. The number of aryl methyl sites for hydroxylation is 1. The van der Waals surface area contributed by atoms with Gasteiger partial charge in [-0.3, -0.25) is 13.9 Å². The zero-order valence-corrected chi connectivity index (χ0v) is 26.6. The van der Waals surface area contributed by atoms with E-state index in [4.69, 9.17) is 11.6 Å². The average molecular weight is 632 g/mol. The van der Waals surface area contributed by atoms with E-state index in [2.05, 4.69) is 5.32 Å². The average Bonchev–Trinajstić information content (AvgIpc) is 3.05. The van der Waals surface area contributed by atoms with Crippen molar-refractivity contribution in [2.24, 2.45) is 0 Å². The number of carbonyl (C=O) groups is 2. The van der Waals surface area contributed by atoms with Gasteiger partial charge in [0.1, 0.15) is 12.6 Å². The van der Waals surface area contributed by atoms with Crippen LogP contribution in [0, 0.1) is 0 Å². The Bertz CT molecular complexity index is 1630. The molecule has 0 heterocycles. The molecule has 230 valence electrons. The number of amides is 2. The van der Waals surface area contributed by atoms with Gasteiger partial charge in [0.2, 0.25) is 11.8 Å². The van der Waals surface area contributed by atoms with Gasteiger partial charge in [0.05, 0.1) is 10.6 Å². The maximum atomic E-state index is 14.5. The Hall–Kier alpha value is -4.14. The number of hydrogen-bond donors (Lipinski definition) is 1. The van der Waals surface area contributed by atoms with Crippen LogP contribution >= 0.6 is 11.6 Å². The largest absolute Gasteiger partial charge is 0.354 e. The number of carbonyl (C=O) groups excluding carboxylic acids is 2. The van der Waals surface area contributed by atoms with Crippen molar-refractivity contribution in [2.45, 2.75) is 50.6 Å². The van der Waals surface area contributed by atoms with Gasteiger partial charge < -0.3 is 10.2 Å². The second-order valence-electron chi connectivity index (χ2n) is 10.5. The second kappa shape index (κ2) is 15.5. The van der Waals surface area contributed by atoms with Crippen molar-refractivity contribution in [1.29, 1.82) is 0 Å². The van der Waals surface area contributed by atoms with Crippen LogP contribution in [-0.2, 0) is 39.0 Å². The lowest BCUT2D eigenvalue weighted by molar-refractivity contribution is -0.140. The van der Waals surface area contributed by atoms with Crippen molar-refractivity contribution in [3.8, 4) is 0 Å². The molecule has 4 aromatic rings. The van der Waals surface area contributed by atoms with Crippen molar-refractivity contribution in [2.75, 3.05) is 17.4 Å². The first kappa shape index (κ1) is 32.8. The zero-order chi connectivity index (χ0) is 31.5. The summed E-state index contributed by atoms with van der Waals surface area (Å²) in [6.07, 6.45) is 1.55. The summed E-state index contributed by atoms with van der Waals surface area (Å²) in [6.45, 7) is 3.94. The molecule has 0 fully saturated rings. The van der Waals surface area contributed by atoms with Crippen LogP contribution in [0.25, 0.3) is 0 Å². The number of para-hydroxylation sites is 1. The lowest BCUT2D eigenvalue weighted by atomic mass is 10.0. The third-order valence-electron chi connectivity index (χ3n) is 7.34. The Labute approximate surface area is 265 Å². The van der Waals surface area contributed by atoms with Crippen LogP contribution in [0.4, 0.5) is 5.69 Å². The fourth-order valence-corrected chi connectivity index (χ4v) is 6.59. The number of nitrogens with zero attached hydrogens (tertiary/aromatic N) is 2. The standard InChI is InChI=1S/C35H38ClN3O4S/c1-3-23-37-35(41)33(24-27-13-7-5-8-14-27)38(25-28-19-21-30(36)22-20-28)34(40)26-39(32-18-12-11-15-29(32)4-2)44(42,43)31-16-9-6-10-17-31/h5-22,33H,3-4,23-26H2,1-2H3,(H,37,41)/t33-/m1/s1. The summed E-state index contributed by atoms with van der Waals surface area (Å²) in [5.74, 6) is -0.803. The molecule has 44 heavy (non-hydrogen) atoms. The number of benzene rings is 4. The minimum Gasteiger partial charge on any atom is -0.354 e. The highest BCUT2D eigenvalue weighted by molar-refractivity contribution is 7.92. The van der Waals surface area contributed by atoms with Gasteiger partial charge in [0.15, 0.2) is 0 Å². The first-order valence-electron chi connectivity index (χ1n) is 14.8. The van der Waals surface area contributed by atoms with E-state index in [0.717, 1.165) is 23.1 Å². The molecular weight excluding hydrogens is 594 g/mol. The number of nitrogens with one attached hydrogen (secondary N) is 1. The van der Waals surface area contributed by atoms with Gasteiger partial charge in [-0.15, -0.1) is 0 Å². The van der Waals surface area contributed by atoms with Crippen molar-refractivity contribution in [1.82, 2.24) is 10.2 Å². The Morgan fingerprint density at radius 2 is 1.41 bits per heavy atom. The second-order valence-corrected chi connectivity index (χ2v) is 12.8. The summed E-state index contributed by atoms with van der Waals surface area (Å²) < 4.78 is 29.5. The molecule has 9 heteroatoms. The smallest absolute Gasteiger partial charge is 0.264 e. The molecule has 0 saturated heterocycles. The van der Waals surface area contributed by atoms with Crippen LogP contribution in [0.5, 0.6) is 0 Å². The lowest BCUT2D eigenvalue weighted by Crippen LogP contribution is -2.53. The summed E-state index contributed by atoms with van der Waals surface area (Å²) in [5.41, 5.74) is 2.85. The van der Waals surface area contributed by atoms with E-state index in [-0.39, 0.29) is 23.8 Å². The Morgan fingerprint density at radius 1 is 0.795 bits per heavy atom. The highest BCUT2D eigenvalue weighted by Crippen LogP contribution is 2.28. The molecule has 0 unspecified atom stereocenters. The fourth-order valence-electron chi connectivity index (χ4n) is 4.99. The van der Waals surface area contributed by atoms with Crippen molar-refractivity contribution >= 4 is 39.1 Å². The molecule has 0 saturated carbocycles. The summed E-state index contributed by atoms with van der Waals surface area (Å²) in [7, 11) is -4.14. The quantitative estimate of drug-likeness (QED) is 0.178. The number of sulfonamides is 1. The maximum absolute atomic E-state index is 14.5. The van der Waals surface area contributed by atoms with E-state index in [1.54, 1.807) is 54.6 Å². The van der Waals surface area contributed by atoms with Crippen molar-refractivity contribution in [3.05, 3.63) is 131 Å².